The van der Waals surface area contributed by atoms with Gasteiger partial charge in [-0.05, 0) is 18.2 Å². The number of piperazine rings is 1. The number of fused-ring (bicyclic) bond motifs is 1. The van der Waals surface area contributed by atoms with Gasteiger partial charge >= 0.3 is 0 Å². The molecule has 0 saturated carbocycles. The molecule has 0 bridgehead atoms. The molecule has 0 atom stereocenters. The normalized spacial score (nSPS) is 17.3. The van der Waals surface area contributed by atoms with Crippen LogP contribution in [-0.4, -0.2) is 32.1 Å². The highest BCUT2D eigenvalue weighted by atomic mass is 19.1. The minimum absolute atomic E-state index is 0.0378. The smallest absolute Gasteiger partial charge is 0.231 e. The molecule has 0 aromatic heterocycles. The van der Waals surface area contributed by atoms with Gasteiger partial charge in [-0.15, -0.1) is 0 Å². The van der Waals surface area contributed by atoms with Crippen molar-refractivity contribution in [3.8, 4) is 0 Å². The zero-order valence-electron chi connectivity index (χ0n) is 13.5. The SMILES string of the molecule is O=C1Cc2c(N3CCNCC3)cccc2N1Cc1ccccc1F. The molecule has 1 saturated heterocycles. The minimum Gasteiger partial charge on any atom is -0.369 e. The van der Waals surface area contributed by atoms with E-state index < -0.39 is 0 Å². The number of nitrogens with zero attached hydrogens (tertiary/aromatic N) is 2. The number of carbonyl (C=O) groups excluding carboxylic acids is 1. The molecule has 1 amide bonds. The summed E-state index contributed by atoms with van der Waals surface area (Å²) in [5.74, 6) is -0.229. The molecule has 0 unspecified atom stereocenters. The largest absolute Gasteiger partial charge is 0.369 e. The van der Waals surface area contributed by atoms with Crippen molar-refractivity contribution < 1.29 is 9.18 Å². The van der Waals surface area contributed by atoms with Crippen LogP contribution in [0.25, 0.3) is 0 Å². The van der Waals surface area contributed by atoms with Crippen LogP contribution >= 0.6 is 0 Å². The van der Waals surface area contributed by atoms with Crippen LogP contribution in [0.1, 0.15) is 11.1 Å². The quantitative estimate of drug-likeness (QED) is 0.941. The minimum atomic E-state index is -0.267. The van der Waals surface area contributed by atoms with E-state index in [0.29, 0.717) is 12.0 Å². The van der Waals surface area contributed by atoms with E-state index in [-0.39, 0.29) is 18.3 Å². The van der Waals surface area contributed by atoms with Crippen molar-refractivity contribution in [1.82, 2.24) is 5.32 Å². The summed E-state index contributed by atoms with van der Waals surface area (Å²) in [5.41, 5.74) is 3.67. The zero-order valence-corrected chi connectivity index (χ0v) is 13.5. The second-order valence-electron chi connectivity index (χ2n) is 6.26. The van der Waals surface area contributed by atoms with Gasteiger partial charge in [0.1, 0.15) is 5.82 Å². The Kier molecular flexibility index (Phi) is 3.94. The van der Waals surface area contributed by atoms with Crippen LogP contribution in [0.3, 0.4) is 0 Å². The van der Waals surface area contributed by atoms with Crippen molar-refractivity contribution in [3.05, 3.63) is 59.4 Å². The molecule has 1 fully saturated rings. The fourth-order valence-electron chi connectivity index (χ4n) is 3.55. The topological polar surface area (TPSA) is 35.6 Å². The number of benzene rings is 2. The molecule has 1 N–H and O–H groups in total. The number of carbonyl (C=O) groups is 1. The van der Waals surface area contributed by atoms with Crippen LogP contribution in [0.4, 0.5) is 15.8 Å². The maximum absolute atomic E-state index is 14.0. The predicted octanol–water partition coefficient (Wildman–Crippen LogP) is 2.32. The summed E-state index contributed by atoms with van der Waals surface area (Å²) >= 11 is 0. The van der Waals surface area contributed by atoms with Crippen molar-refractivity contribution in [2.24, 2.45) is 0 Å². The van der Waals surface area contributed by atoms with Crippen molar-refractivity contribution in [3.63, 3.8) is 0 Å². The van der Waals surface area contributed by atoms with Gasteiger partial charge in [0.25, 0.3) is 0 Å². The molecule has 0 radical (unpaired) electrons. The molecule has 2 heterocycles. The fraction of sp³-hybridized carbons (Fsp3) is 0.316. The van der Waals surface area contributed by atoms with Gasteiger partial charge in [0, 0.05) is 48.7 Å². The van der Waals surface area contributed by atoms with Crippen LogP contribution < -0.4 is 15.1 Å². The van der Waals surface area contributed by atoms with E-state index in [2.05, 4.69) is 16.3 Å². The molecule has 124 valence electrons. The Hall–Kier alpha value is -2.40. The standard InChI is InChI=1S/C19H20FN3O/c20-16-5-2-1-4-14(16)13-23-18-7-3-6-17(15(18)12-19(23)24)22-10-8-21-9-11-22/h1-7,21H,8-13H2. The highest BCUT2D eigenvalue weighted by Crippen LogP contribution is 2.37. The van der Waals surface area contributed by atoms with E-state index in [1.807, 2.05) is 12.1 Å². The van der Waals surface area contributed by atoms with Crippen LogP contribution in [0, 0.1) is 5.82 Å². The number of halogens is 1. The molecule has 4 rings (SSSR count). The summed E-state index contributed by atoms with van der Waals surface area (Å²) < 4.78 is 14.0. The Morgan fingerprint density at radius 2 is 1.75 bits per heavy atom. The third kappa shape index (κ3) is 2.65. The van der Waals surface area contributed by atoms with Crippen molar-refractivity contribution in [2.45, 2.75) is 13.0 Å². The number of hydrogen-bond acceptors (Lipinski definition) is 3. The Morgan fingerprint density at radius 3 is 2.54 bits per heavy atom. The summed E-state index contributed by atoms with van der Waals surface area (Å²) in [7, 11) is 0. The first-order valence-electron chi connectivity index (χ1n) is 8.35. The highest BCUT2D eigenvalue weighted by molar-refractivity contribution is 6.03. The Bertz CT molecular complexity index is 771. The zero-order chi connectivity index (χ0) is 16.5. The molecular weight excluding hydrogens is 305 g/mol. The highest BCUT2D eigenvalue weighted by Gasteiger charge is 2.31. The summed E-state index contributed by atoms with van der Waals surface area (Å²) in [4.78, 5) is 16.6. The Morgan fingerprint density at radius 1 is 1.00 bits per heavy atom. The van der Waals surface area contributed by atoms with E-state index >= 15 is 0 Å². The maximum Gasteiger partial charge on any atom is 0.231 e. The molecule has 2 aromatic rings. The lowest BCUT2D eigenvalue weighted by Crippen LogP contribution is -2.43. The second-order valence-corrected chi connectivity index (χ2v) is 6.26. The molecule has 5 heteroatoms. The first-order valence-corrected chi connectivity index (χ1v) is 8.35. The third-order valence-electron chi connectivity index (χ3n) is 4.79. The van der Waals surface area contributed by atoms with Crippen molar-refractivity contribution >= 4 is 17.3 Å². The van der Waals surface area contributed by atoms with E-state index in [1.165, 1.54) is 6.07 Å². The number of rotatable bonds is 3. The number of amides is 1. The lowest BCUT2D eigenvalue weighted by atomic mass is 10.1. The van der Waals surface area contributed by atoms with E-state index in [9.17, 15) is 9.18 Å². The number of anilines is 2. The Balaban J connectivity index is 1.66. The van der Waals surface area contributed by atoms with Gasteiger partial charge in [0.2, 0.25) is 5.91 Å². The molecule has 2 aliphatic heterocycles. The lowest BCUT2D eigenvalue weighted by molar-refractivity contribution is -0.117. The first-order chi connectivity index (χ1) is 11.7. The first kappa shape index (κ1) is 15.1. The summed E-state index contributed by atoms with van der Waals surface area (Å²) in [6, 6.07) is 12.7. The average molecular weight is 325 g/mol. The van der Waals surface area contributed by atoms with Gasteiger partial charge in [-0.3, -0.25) is 4.79 Å². The fourth-order valence-corrected chi connectivity index (χ4v) is 3.55. The van der Waals surface area contributed by atoms with E-state index in [1.54, 1.807) is 23.1 Å². The molecule has 4 nitrogen and oxygen atoms in total. The van der Waals surface area contributed by atoms with Gasteiger partial charge in [-0.2, -0.15) is 0 Å². The van der Waals surface area contributed by atoms with Crippen molar-refractivity contribution in [2.75, 3.05) is 36.0 Å². The van der Waals surface area contributed by atoms with Crippen LogP contribution in [-0.2, 0) is 17.8 Å². The molecule has 24 heavy (non-hydrogen) atoms. The van der Waals surface area contributed by atoms with Gasteiger partial charge < -0.3 is 15.1 Å². The monoisotopic (exact) mass is 325 g/mol. The van der Waals surface area contributed by atoms with Crippen LogP contribution in [0.15, 0.2) is 42.5 Å². The summed E-state index contributed by atoms with van der Waals surface area (Å²) in [6.07, 6.45) is 0.393. The lowest BCUT2D eigenvalue weighted by Gasteiger charge is -2.31. The maximum atomic E-state index is 14.0. The summed E-state index contributed by atoms with van der Waals surface area (Å²) in [5, 5.41) is 3.35. The number of nitrogens with one attached hydrogen (secondary N) is 1. The number of hydrogen-bond donors (Lipinski definition) is 1. The van der Waals surface area contributed by atoms with Crippen LogP contribution in [0.5, 0.6) is 0 Å². The molecule has 2 aromatic carbocycles. The van der Waals surface area contributed by atoms with Gasteiger partial charge in [0.05, 0.1) is 13.0 Å². The second kappa shape index (κ2) is 6.24. The Labute approximate surface area is 140 Å². The van der Waals surface area contributed by atoms with Gasteiger partial charge in [-0.1, -0.05) is 24.3 Å². The average Bonchev–Trinajstić information content (AvgIpc) is 2.93. The van der Waals surface area contributed by atoms with E-state index in [4.69, 9.17) is 0 Å². The van der Waals surface area contributed by atoms with Gasteiger partial charge in [-0.25, -0.2) is 4.39 Å². The molecule has 0 aliphatic carbocycles. The third-order valence-corrected chi connectivity index (χ3v) is 4.79. The van der Waals surface area contributed by atoms with Crippen LogP contribution in [0.2, 0.25) is 0 Å². The van der Waals surface area contributed by atoms with Crippen molar-refractivity contribution in [1.29, 1.82) is 0 Å². The molecular formula is C19H20FN3O. The molecule has 2 aliphatic rings. The predicted molar refractivity (Wildman–Crippen MR) is 92.8 cm³/mol. The molecule has 0 spiro atoms. The summed E-state index contributed by atoms with van der Waals surface area (Å²) in [6.45, 7) is 4.08. The van der Waals surface area contributed by atoms with E-state index in [0.717, 1.165) is 43.1 Å². The van der Waals surface area contributed by atoms with Gasteiger partial charge in [0.15, 0.2) is 0 Å².